The predicted octanol–water partition coefficient (Wildman–Crippen LogP) is 4.29. The van der Waals surface area contributed by atoms with Crippen molar-refractivity contribution in [2.45, 2.75) is 39.5 Å². The Morgan fingerprint density at radius 1 is 1.27 bits per heavy atom. The molecule has 1 saturated carbocycles. The molecule has 0 radical (unpaired) electrons. The Bertz CT molecular complexity index is 1080. The molecule has 0 spiro atoms. The number of benzene rings is 1. The molecule has 0 bridgehead atoms. The standard InChI is InChI=1S/C21H22N4O/c1-11-9-16-17(10-22)20(23)25(21(16)24-13(11)3)19-12(2)18(26-4)8-7-15(19)14-5-6-14/h7-9,14H,5-6,23H2,1-4H3. The number of anilines is 1. The molecule has 3 aromatic rings. The first-order chi connectivity index (χ1) is 12.5. The number of aryl methyl sites for hydroxylation is 2. The van der Waals surface area contributed by atoms with Gasteiger partial charge >= 0.3 is 0 Å². The van der Waals surface area contributed by atoms with Crippen molar-refractivity contribution < 1.29 is 4.74 Å². The van der Waals surface area contributed by atoms with Crippen LogP contribution in [0.1, 0.15) is 46.7 Å². The van der Waals surface area contributed by atoms with Crippen LogP contribution in [0.15, 0.2) is 18.2 Å². The van der Waals surface area contributed by atoms with Gasteiger partial charge in [-0.2, -0.15) is 5.26 Å². The number of methoxy groups -OCH3 is 1. The molecule has 2 aromatic heterocycles. The number of ether oxygens (including phenoxy) is 1. The average Bonchev–Trinajstić information content (AvgIpc) is 3.42. The molecule has 0 atom stereocenters. The number of hydrogen-bond acceptors (Lipinski definition) is 4. The largest absolute Gasteiger partial charge is 0.496 e. The molecule has 4 rings (SSSR count). The monoisotopic (exact) mass is 346 g/mol. The van der Waals surface area contributed by atoms with Gasteiger partial charge in [-0.1, -0.05) is 6.07 Å². The van der Waals surface area contributed by atoms with Gasteiger partial charge in [0.1, 0.15) is 28.8 Å². The van der Waals surface area contributed by atoms with E-state index in [1.165, 1.54) is 18.4 Å². The molecular formula is C21H22N4O. The lowest BCUT2D eigenvalue weighted by atomic mass is 10.0. The second-order valence-corrected chi connectivity index (χ2v) is 7.07. The summed E-state index contributed by atoms with van der Waals surface area (Å²) >= 11 is 0. The fourth-order valence-corrected chi connectivity index (χ4v) is 3.70. The highest BCUT2D eigenvalue weighted by atomic mass is 16.5. The normalized spacial score (nSPS) is 13.8. The van der Waals surface area contributed by atoms with Crippen molar-refractivity contribution in [2.75, 3.05) is 12.8 Å². The summed E-state index contributed by atoms with van der Waals surface area (Å²) in [6.07, 6.45) is 2.35. The van der Waals surface area contributed by atoms with Crippen LogP contribution in [0.3, 0.4) is 0 Å². The maximum absolute atomic E-state index is 9.70. The molecule has 2 N–H and O–H groups in total. The maximum atomic E-state index is 9.70. The van der Waals surface area contributed by atoms with Crippen LogP contribution in [-0.4, -0.2) is 16.7 Å². The van der Waals surface area contributed by atoms with Gasteiger partial charge in [-0.3, -0.25) is 4.57 Å². The van der Waals surface area contributed by atoms with Crippen LogP contribution in [0, 0.1) is 32.1 Å². The number of pyridine rings is 1. The van der Waals surface area contributed by atoms with Crippen LogP contribution in [0.25, 0.3) is 16.7 Å². The van der Waals surface area contributed by atoms with E-state index in [2.05, 4.69) is 12.1 Å². The minimum Gasteiger partial charge on any atom is -0.496 e. The van der Waals surface area contributed by atoms with Crippen molar-refractivity contribution in [3.8, 4) is 17.5 Å². The smallest absolute Gasteiger partial charge is 0.147 e. The third kappa shape index (κ3) is 2.26. The van der Waals surface area contributed by atoms with Crippen LogP contribution < -0.4 is 10.5 Å². The van der Waals surface area contributed by atoms with Gasteiger partial charge in [0.25, 0.3) is 0 Å². The third-order valence-electron chi connectivity index (χ3n) is 5.41. The van der Waals surface area contributed by atoms with E-state index >= 15 is 0 Å². The summed E-state index contributed by atoms with van der Waals surface area (Å²) in [6.45, 7) is 6.02. The van der Waals surface area contributed by atoms with Crippen LogP contribution >= 0.6 is 0 Å². The number of fused-ring (bicyclic) bond motifs is 1. The average molecular weight is 346 g/mol. The molecule has 5 nitrogen and oxygen atoms in total. The summed E-state index contributed by atoms with van der Waals surface area (Å²) < 4.78 is 7.50. The first-order valence-electron chi connectivity index (χ1n) is 8.84. The Morgan fingerprint density at radius 3 is 2.62 bits per heavy atom. The Balaban J connectivity index is 2.15. The summed E-state index contributed by atoms with van der Waals surface area (Å²) in [4.78, 5) is 4.79. The number of rotatable bonds is 3. The Kier molecular flexibility index (Phi) is 3.66. The van der Waals surface area contributed by atoms with Crippen LogP contribution in [0.2, 0.25) is 0 Å². The Hall–Kier alpha value is -3.00. The van der Waals surface area contributed by atoms with Crippen molar-refractivity contribution in [2.24, 2.45) is 0 Å². The van der Waals surface area contributed by atoms with Gasteiger partial charge in [0.2, 0.25) is 0 Å². The molecular weight excluding hydrogens is 324 g/mol. The highest BCUT2D eigenvalue weighted by molar-refractivity contribution is 5.92. The lowest BCUT2D eigenvalue weighted by molar-refractivity contribution is 0.411. The highest BCUT2D eigenvalue weighted by Crippen LogP contribution is 2.46. The lowest BCUT2D eigenvalue weighted by Gasteiger charge is -2.18. The summed E-state index contributed by atoms with van der Waals surface area (Å²) in [5, 5.41) is 10.5. The summed E-state index contributed by atoms with van der Waals surface area (Å²) in [5.41, 5.74) is 13.0. The molecule has 26 heavy (non-hydrogen) atoms. The van der Waals surface area contributed by atoms with E-state index in [1.54, 1.807) is 7.11 Å². The third-order valence-corrected chi connectivity index (χ3v) is 5.41. The Labute approximate surface area is 153 Å². The number of nitrogen functional groups attached to an aromatic ring is 1. The first kappa shape index (κ1) is 16.5. The van der Waals surface area contributed by atoms with E-state index in [1.807, 2.05) is 37.5 Å². The van der Waals surface area contributed by atoms with Gasteiger partial charge < -0.3 is 10.5 Å². The number of nitrogens with zero attached hydrogens (tertiary/aromatic N) is 3. The molecule has 1 aliphatic carbocycles. The van der Waals surface area contributed by atoms with Crippen LogP contribution in [-0.2, 0) is 0 Å². The zero-order chi connectivity index (χ0) is 18.6. The highest BCUT2D eigenvalue weighted by Gasteiger charge is 2.30. The van der Waals surface area contributed by atoms with Gasteiger partial charge in [0.15, 0.2) is 0 Å². The molecule has 132 valence electrons. The van der Waals surface area contributed by atoms with Gasteiger partial charge in [0.05, 0.1) is 12.8 Å². The minimum atomic E-state index is 0.443. The van der Waals surface area contributed by atoms with Crippen LogP contribution in [0.4, 0.5) is 5.82 Å². The molecule has 1 aliphatic rings. The topological polar surface area (TPSA) is 76.9 Å². The summed E-state index contributed by atoms with van der Waals surface area (Å²) in [5.74, 6) is 1.79. The zero-order valence-corrected chi connectivity index (χ0v) is 15.6. The van der Waals surface area contributed by atoms with E-state index < -0.39 is 0 Å². The fourth-order valence-electron chi connectivity index (χ4n) is 3.70. The van der Waals surface area contributed by atoms with E-state index in [9.17, 15) is 5.26 Å². The number of aromatic nitrogens is 2. The molecule has 1 aromatic carbocycles. The molecule has 0 unspecified atom stereocenters. The molecule has 0 amide bonds. The first-order valence-corrected chi connectivity index (χ1v) is 8.84. The second kappa shape index (κ2) is 5.77. The van der Waals surface area contributed by atoms with E-state index in [4.69, 9.17) is 15.5 Å². The molecule has 0 aliphatic heterocycles. The number of hydrogen-bond donors (Lipinski definition) is 1. The van der Waals surface area contributed by atoms with Gasteiger partial charge in [-0.25, -0.2) is 4.98 Å². The van der Waals surface area contributed by atoms with Crippen molar-refractivity contribution in [3.63, 3.8) is 0 Å². The fraction of sp³-hybridized carbons (Fsp3) is 0.333. The van der Waals surface area contributed by atoms with Gasteiger partial charge in [-0.05, 0) is 62.8 Å². The number of nitriles is 1. The zero-order valence-electron chi connectivity index (χ0n) is 15.6. The predicted molar refractivity (Wildman–Crippen MR) is 103 cm³/mol. The lowest BCUT2D eigenvalue weighted by Crippen LogP contribution is -2.08. The SMILES string of the molecule is COc1ccc(C2CC2)c(-n2c(N)c(C#N)c3cc(C)c(C)nc32)c1C. The Morgan fingerprint density at radius 2 is 2.00 bits per heavy atom. The molecule has 5 heteroatoms. The quantitative estimate of drug-likeness (QED) is 0.767. The van der Waals surface area contributed by atoms with Gasteiger partial charge in [0, 0.05) is 16.6 Å². The van der Waals surface area contributed by atoms with E-state index in [-0.39, 0.29) is 0 Å². The van der Waals surface area contributed by atoms with Crippen molar-refractivity contribution in [3.05, 3.63) is 46.1 Å². The minimum absolute atomic E-state index is 0.443. The maximum Gasteiger partial charge on any atom is 0.147 e. The van der Waals surface area contributed by atoms with Crippen molar-refractivity contribution in [1.82, 2.24) is 9.55 Å². The summed E-state index contributed by atoms with van der Waals surface area (Å²) in [6, 6.07) is 8.42. The number of nitrogens with two attached hydrogens (primary N) is 1. The van der Waals surface area contributed by atoms with Crippen LogP contribution in [0.5, 0.6) is 5.75 Å². The molecule has 0 saturated heterocycles. The van der Waals surface area contributed by atoms with Crippen molar-refractivity contribution in [1.29, 1.82) is 5.26 Å². The summed E-state index contributed by atoms with van der Waals surface area (Å²) in [7, 11) is 1.67. The van der Waals surface area contributed by atoms with E-state index in [0.29, 0.717) is 17.3 Å². The molecule has 2 heterocycles. The second-order valence-electron chi connectivity index (χ2n) is 7.07. The van der Waals surface area contributed by atoms with Crippen molar-refractivity contribution >= 4 is 16.9 Å². The van der Waals surface area contributed by atoms with Gasteiger partial charge in [-0.15, -0.1) is 0 Å². The molecule has 1 fully saturated rings. The van der Waals surface area contributed by atoms with E-state index in [0.717, 1.165) is 39.3 Å².